The summed E-state index contributed by atoms with van der Waals surface area (Å²) >= 11 is 1.36. The Balaban J connectivity index is 1.71. The molecule has 0 saturated carbocycles. The van der Waals surface area contributed by atoms with Crippen molar-refractivity contribution in [2.75, 3.05) is 5.32 Å². The molecule has 1 aliphatic carbocycles. The van der Waals surface area contributed by atoms with E-state index in [0.29, 0.717) is 5.00 Å². The topological polar surface area (TPSA) is 69.2 Å². The van der Waals surface area contributed by atoms with E-state index in [9.17, 15) is 14.7 Å². The van der Waals surface area contributed by atoms with E-state index >= 15 is 0 Å². The van der Waals surface area contributed by atoms with Gasteiger partial charge in [-0.3, -0.25) is 4.79 Å². The number of amides is 1. The van der Waals surface area contributed by atoms with Gasteiger partial charge >= 0.3 is 0 Å². The monoisotopic (exact) mass is 376 g/mol. The first-order valence-corrected chi connectivity index (χ1v) is 9.73. The fourth-order valence-electron chi connectivity index (χ4n) is 3.68. The van der Waals surface area contributed by atoms with Crippen LogP contribution >= 0.6 is 11.3 Å². The predicted octanol–water partition coefficient (Wildman–Crippen LogP) is 3.37. The van der Waals surface area contributed by atoms with Crippen LogP contribution in [-0.4, -0.2) is 11.9 Å². The number of fused-ring (bicyclic) bond motifs is 1. The molecule has 4 rings (SSSR count). The first-order valence-electron chi connectivity index (χ1n) is 8.92. The zero-order chi connectivity index (χ0) is 18.8. The molecule has 4 nitrogen and oxygen atoms in total. The van der Waals surface area contributed by atoms with Crippen molar-refractivity contribution < 1.29 is 14.7 Å². The quantitative estimate of drug-likeness (QED) is 0.742. The number of aryl methyl sites for hydroxylation is 1. The van der Waals surface area contributed by atoms with Crippen molar-refractivity contribution in [3.05, 3.63) is 87.8 Å². The van der Waals surface area contributed by atoms with Crippen molar-refractivity contribution in [2.24, 2.45) is 0 Å². The fraction of sp³-hybridized carbons (Fsp3) is 0.182. The maximum atomic E-state index is 13.2. The number of anilines is 1. The lowest BCUT2D eigenvalue weighted by atomic mass is 9.90. The third-order valence-corrected chi connectivity index (χ3v) is 6.10. The third-order valence-electron chi connectivity index (χ3n) is 4.89. The number of carbonyl (C=O) groups excluding carboxylic acids is 2. The van der Waals surface area contributed by atoms with Gasteiger partial charge in [0, 0.05) is 10.4 Å². The molecule has 1 aliphatic rings. The summed E-state index contributed by atoms with van der Waals surface area (Å²) in [6.07, 6.45) is 2.54. The summed E-state index contributed by atoms with van der Waals surface area (Å²) in [5, 5.41) is 14.9. The second-order valence-corrected chi connectivity index (χ2v) is 7.70. The largest absolute Gasteiger partial charge is 0.545 e. The summed E-state index contributed by atoms with van der Waals surface area (Å²) in [5.41, 5.74) is 2.70. The number of hydrogen-bond donors (Lipinski definition) is 1. The van der Waals surface area contributed by atoms with Gasteiger partial charge in [-0.15, -0.1) is 11.3 Å². The van der Waals surface area contributed by atoms with Gasteiger partial charge in [0.25, 0.3) is 0 Å². The summed E-state index contributed by atoms with van der Waals surface area (Å²) in [7, 11) is 0. The molecule has 136 valence electrons. The Kier molecular flexibility index (Phi) is 4.77. The average molecular weight is 376 g/mol. The minimum absolute atomic E-state index is 0.153. The van der Waals surface area contributed by atoms with Crippen molar-refractivity contribution in [1.82, 2.24) is 0 Å². The molecule has 0 atom stereocenters. The molecule has 0 spiro atoms. The fourth-order valence-corrected chi connectivity index (χ4v) is 4.96. The van der Waals surface area contributed by atoms with Crippen LogP contribution in [0.5, 0.6) is 0 Å². The molecule has 0 fully saturated rings. The molecule has 1 aromatic heterocycles. The van der Waals surface area contributed by atoms with Crippen LogP contribution in [0.25, 0.3) is 0 Å². The highest BCUT2D eigenvalue weighted by molar-refractivity contribution is 7.17. The summed E-state index contributed by atoms with van der Waals surface area (Å²) in [6, 6.07) is 19.0. The second kappa shape index (κ2) is 7.37. The number of carboxylic acids is 1. The first-order chi connectivity index (χ1) is 13.1. The number of carboxylic acid groups (broad SMARTS) is 1. The molecular weight excluding hydrogens is 358 g/mol. The highest BCUT2D eigenvalue weighted by atomic mass is 32.1. The maximum absolute atomic E-state index is 13.2. The van der Waals surface area contributed by atoms with E-state index in [1.807, 2.05) is 60.7 Å². The summed E-state index contributed by atoms with van der Waals surface area (Å²) in [6.45, 7) is 0. The van der Waals surface area contributed by atoms with Crippen molar-refractivity contribution in [3.8, 4) is 0 Å². The van der Waals surface area contributed by atoms with E-state index in [2.05, 4.69) is 5.32 Å². The second-order valence-electron chi connectivity index (χ2n) is 6.59. The molecule has 1 amide bonds. The zero-order valence-electron chi connectivity index (χ0n) is 14.6. The van der Waals surface area contributed by atoms with Gasteiger partial charge in [0.2, 0.25) is 5.91 Å². The number of carbonyl (C=O) groups is 2. The molecule has 1 N–H and O–H groups in total. The first kappa shape index (κ1) is 17.5. The van der Waals surface area contributed by atoms with Gasteiger partial charge in [-0.1, -0.05) is 60.7 Å². The summed E-state index contributed by atoms with van der Waals surface area (Å²) < 4.78 is 0. The molecule has 1 heterocycles. The number of hydrogen-bond acceptors (Lipinski definition) is 4. The minimum atomic E-state index is -1.22. The van der Waals surface area contributed by atoms with Crippen LogP contribution < -0.4 is 10.4 Å². The van der Waals surface area contributed by atoms with Crippen LogP contribution in [0.2, 0.25) is 0 Å². The van der Waals surface area contributed by atoms with Crippen molar-refractivity contribution in [2.45, 2.75) is 25.2 Å². The molecular formula is C22H18NO3S-. The minimum Gasteiger partial charge on any atom is -0.545 e. The van der Waals surface area contributed by atoms with Crippen molar-refractivity contribution >= 4 is 28.2 Å². The predicted molar refractivity (Wildman–Crippen MR) is 104 cm³/mol. The highest BCUT2D eigenvalue weighted by Gasteiger charge is 2.27. The van der Waals surface area contributed by atoms with E-state index in [1.54, 1.807) is 0 Å². The van der Waals surface area contributed by atoms with E-state index in [0.717, 1.165) is 40.8 Å². The van der Waals surface area contributed by atoms with Crippen molar-refractivity contribution in [1.29, 1.82) is 0 Å². The Morgan fingerprint density at radius 1 is 0.926 bits per heavy atom. The Morgan fingerprint density at radius 3 is 2.07 bits per heavy atom. The van der Waals surface area contributed by atoms with Crippen LogP contribution in [0.3, 0.4) is 0 Å². The molecule has 0 aliphatic heterocycles. The van der Waals surface area contributed by atoms with Crippen LogP contribution in [0, 0.1) is 0 Å². The number of rotatable bonds is 5. The highest BCUT2D eigenvalue weighted by Crippen LogP contribution is 2.39. The van der Waals surface area contributed by atoms with Gasteiger partial charge in [-0.2, -0.15) is 0 Å². The Morgan fingerprint density at radius 2 is 1.52 bits per heavy atom. The number of aromatic carboxylic acids is 1. The molecule has 0 unspecified atom stereocenters. The maximum Gasteiger partial charge on any atom is 0.237 e. The molecule has 0 saturated heterocycles. The van der Waals surface area contributed by atoms with E-state index in [4.69, 9.17) is 0 Å². The third kappa shape index (κ3) is 3.38. The van der Waals surface area contributed by atoms with Crippen LogP contribution in [0.4, 0.5) is 5.00 Å². The van der Waals surface area contributed by atoms with E-state index in [1.165, 1.54) is 11.3 Å². The molecule has 0 radical (unpaired) electrons. The lowest BCUT2D eigenvalue weighted by Gasteiger charge is -2.18. The molecule has 3 aromatic rings. The SMILES string of the molecule is O=C([O-])c1c(NC(=O)C(c2ccccc2)c2ccccc2)sc2c1CCC2. The van der Waals surface area contributed by atoms with Crippen LogP contribution in [0.15, 0.2) is 60.7 Å². The Labute approximate surface area is 161 Å². The van der Waals surface area contributed by atoms with Gasteiger partial charge in [0.05, 0.1) is 11.9 Å². The van der Waals surface area contributed by atoms with Gasteiger partial charge in [-0.25, -0.2) is 0 Å². The molecule has 0 bridgehead atoms. The number of thiophene rings is 1. The van der Waals surface area contributed by atoms with Crippen LogP contribution in [0.1, 0.15) is 44.3 Å². The van der Waals surface area contributed by atoms with Gasteiger partial charge in [0.15, 0.2) is 0 Å². The normalized spacial score (nSPS) is 12.8. The molecule has 27 heavy (non-hydrogen) atoms. The van der Waals surface area contributed by atoms with Gasteiger partial charge < -0.3 is 15.2 Å². The van der Waals surface area contributed by atoms with Crippen molar-refractivity contribution in [3.63, 3.8) is 0 Å². The number of benzene rings is 2. The lowest BCUT2D eigenvalue weighted by molar-refractivity contribution is -0.254. The average Bonchev–Trinajstić information content (AvgIpc) is 3.24. The van der Waals surface area contributed by atoms with E-state index < -0.39 is 11.9 Å². The summed E-state index contributed by atoms with van der Waals surface area (Å²) in [5.74, 6) is -1.98. The van der Waals surface area contributed by atoms with E-state index in [-0.39, 0.29) is 11.5 Å². The van der Waals surface area contributed by atoms with Gasteiger partial charge in [0.1, 0.15) is 5.00 Å². The lowest BCUT2D eigenvalue weighted by Crippen LogP contribution is -2.27. The smallest absolute Gasteiger partial charge is 0.237 e. The standard InChI is InChI=1S/C22H19NO3S/c24-20(23-21-19(22(25)26)16-12-7-13-17(16)27-21)18(14-8-3-1-4-9-14)15-10-5-2-6-11-15/h1-6,8-11,18H,7,12-13H2,(H,23,24)(H,25,26)/p-1. The van der Waals surface area contributed by atoms with Crippen LogP contribution in [-0.2, 0) is 17.6 Å². The van der Waals surface area contributed by atoms with Gasteiger partial charge in [-0.05, 0) is 36.0 Å². The summed E-state index contributed by atoms with van der Waals surface area (Å²) in [4.78, 5) is 25.9. The molecule has 5 heteroatoms. The Bertz CT molecular complexity index is 940. The molecule has 2 aromatic carbocycles. The Hall–Kier alpha value is -2.92. The number of nitrogens with one attached hydrogen (secondary N) is 1. The zero-order valence-corrected chi connectivity index (χ0v) is 15.4.